The van der Waals surface area contributed by atoms with Crippen molar-refractivity contribution in [3.8, 4) is 0 Å². The molecule has 1 heterocycles. The number of halogens is 1. The Morgan fingerprint density at radius 2 is 1.84 bits per heavy atom. The third-order valence-corrected chi connectivity index (χ3v) is 5.79. The molecule has 1 aliphatic carbocycles. The summed E-state index contributed by atoms with van der Waals surface area (Å²) in [5.74, 6) is 0.382. The van der Waals surface area contributed by atoms with Gasteiger partial charge in [0.05, 0.1) is 4.92 Å². The summed E-state index contributed by atoms with van der Waals surface area (Å²) in [6.45, 7) is 1.44. The van der Waals surface area contributed by atoms with Gasteiger partial charge in [-0.25, -0.2) is 0 Å². The average Bonchev–Trinajstić information content (AvgIpc) is 2.63. The minimum absolute atomic E-state index is 0.124. The second-order valence-corrected chi connectivity index (χ2v) is 7.91. The molecule has 2 fully saturated rings. The molecule has 0 atom stereocenters. The Balaban J connectivity index is 1.57. The molecule has 0 bridgehead atoms. The van der Waals surface area contributed by atoms with Crippen molar-refractivity contribution in [1.29, 1.82) is 0 Å². The number of carbonyl (C=O) groups excluding carboxylic acids is 1. The van der Waals surface area contributed by atoms with Crippen LogP contribution in [0.3, 0.4) is 0 Å². The summed E-state index contributed by atoms with van der Waals surface area (Å²) in [7, 11) is 0. The molecular formula is C18H24BrN3O3. The van der Waals surface area contributed by atoms with Crippen LogP contribution in [0.15, 0.2) is 22.7 Å². The predicted octanol–water partition coefficient (Wildman–Crippen LogP) is 4.02. The Morgan fingerprint density at radius 3 is 2.48 bits per heavy atom. The number of nitro groups is 1. The first-order valence-corrected chi connectivity index (χ1v) is 9.83. The van der Waals surface area contributed by atoms with E-state index in [0.717, 1.165) is 51.6 Å². The van der Waals surface area contributed by atoms with E-state index in [0.29, 0.717) is 10.2 Å². The van der Waals surface area contributed by atoms with Crippen LogP contribution >= 0.6 is 15.9 Å². The smallest absolute Gasteiger partial charge is 0.293 e. The third-order valence-electron chi connectivity index (χ3n) is 5.29. The molecular weight excluding hydrogens is 386 g/mol. The van der Waals surface area contributed by atoms with E-state index >= 15 is 0 Å². The van der Waals surface area contributed by atoms with E-state index in [-0.39, 0.29) is 28.5 Å². The number of piperidine rings is 1. The van der Waals surface area contributed by atoms with Crippen molar-refractivity contribution < 1.29 is 9.72 Å². The maximum Gasteiger partial charge on any atom is 0.293 e. The standard InChI is InChI=1S/C18H24BrN3O3/c19-14-6-7-16(17(12-14)22(24)25)21-10-8-15(9-11-21)20-18(23)13-4-2-1-3-5-13/h6-7,12-13,15H,1-5,8-11H2,(H,20,23). The topological polar surface area (TPSA) is 75.5 Å². The Kier molecular flexibility index (Phi) is 5.93. The van der Waals surface area contributed by atoms with Crippen molar-refractivity contribution in [2.45, 2.75) is 51.0 Å². The molecule has 0 radical (unpaired) electrons. The van der Waals surface area contributed by atoms with Crippen molar-refractivity contribution in [3.63, 3.8) is 0 Å². The van der Waals surface area contributed by atoms with Crippen molar-refractivity contribution >= 4 is 33.2 Å². The van der Waals surface area contributed by atoms with E-state index in [1.165, 1.54) is 6.42 Å². The number of nitrogens with one attached hydrogen (secondary N) is 1. The number of anilines is 1. The molecule has 7 heteroatoms. The zero-order valence-corrected chi connectivity index (χ0v) is 15.8. The molecule has 1 amide bonds. The fraction of sp³-hybridized carbons (Fsp3) is 0.611. The Morgan fingerprint density at radius 1 is 1.16 bits per heavy atom. The van der Waals surface area contributed by atoms with Crippen molar-refractivity contribution in [2.75, 3.05) is 18.0 Å². The minimum Gasteiger partial charge on any atom is -0.366 e. The Labute approximate surface area is 156 Å². The summed E-state index contributed by atoms with van der Waals surface area (Å²) in [4.78, 5) is 25.4. The number of hydrogen-bond donors (Lipinski definition) is 1. The molecule has 0 unspecified atom stereocenters. The van der Waals surface area contributed by atoms with Crippen LogP contribution in [-0.4, -0.2) is 30.0 Å². The lowest BCUT2D eigenvalue weighted by molar-refractivity contribution is -0.384. The van der Waals surface area contributed by atoms with Gasteiger partial charge in [0, 0.05) is 35.6 Å². The number of benzene rings is 1. The molecule has 136 valence electrons. The first kappa shape index (κ1) is 18.2. The van der Waals surface area contributed by atoms with Crippen LogP contribution in [0.25, 0.3) is 0 Å². The zero-order chi connectivity index (χ0) is 17.8. The van der Waals surface area contributed by atoms with Gasteiger partial charge in [-0.3, -0.25) is 14.9 Å². The molecule has 2 aliphatic rings. The van der Waals surface area contributed by atoms with Crippen LogP contribution in [0.5, 0.6) is 0 Å². The SMILES string of the molecule is O=C(NC1CCN(c2ccc(Br)cc2[N+](=O)[O-])CC1)C1CCCCC1. The molecule has 6 nitrogen and oxygen atoms in total. The van der Waals surface area contributed by atoms with Gasteiger partial charge in [0.2, 0.25) is 5.91 Å². The summed E-state index contributed by atoms with van der Waals surface area (Å²) in [6.07, 6.45) is 7.23. The number of nitrogens with zero attached hydrogens (tertiary/aromatic N) is 2. The van der Waals surface area contributed by atoms with Crippen molar-refractivity contribution in [2.24, 2.45) is 5.92 Å². The number of hydrogen-bond acceptors (Lipinski definition) is 4. The van der Waals surface area contributed by atoms with Gasteiger partial charge in [0.25, 0.3) is 5.69 Å². The summed E-state index contributed by atoms with van der Waals surface area (Å²) in [6, 6.07) is 5.36. The van der Waals surface area contributed by atoms with Gasteiger partial charge in [-0.1, -0.05) is 35.2 Å². The van der Waals surface area contributed by atoms with Gasteiger partial charge in [-0.05, 0) is 37.8 Å². The Bertz CT molecular complexity index is 638. The fourth-order valence-electron chi connectivity index (χ4n) is 3.86. The summed E-state index contributed by atoms with van der Waals surface area (Å²) >= 11 is 3.29. The maximum atomic E-state index is 12.4. The number of nitro benzene ring substituents is 1. The highest BCUT2D eigenvalue weighted by atomic mass is 79.9. The van der Waals surface area contributed by atoms with Crippen molar-refractivity contribution in [3.05, 3.63) is 32.8 Å². The minimum atomic E-state index is -0.336. The lowest BCUT2D eigenvalue weighted by Crippen LogP contribution is -2.46. The fourth-order valence-corrected chi connectivity index (χ4v) is 4.21. The van der Waals surface area contributed by atoms with Crippen LogP contribution < -0.4 is 10.2 Å². The van der Waals surface area contributed by atoms with E-state index in [1.54, 1.807) is 12.1 Å². The molecule has 0 spiro atoms. The van der Waals surface area contributed by atoms with Crippen LogP contribution in [0.4, 0.5) is 11.4 Å². The monoisotopic (exact) mass is 409 g/mol. The van der Waals surface area contributed by atoms with Crippen LogP contribution in [0.1, 0.15) is 44.9 Å². The van der Waals surface area contributed by atoms with Gasteiger partial charge < -0.3 is 10.2 Å². The van der Waals surface area contributed by atoms with E-state index in [2.05, 4.69) is 21.2 Å². The van der Waals surface area contributed by atoms with E-state index in [4.69, 9.17) is 0 Å². The molecule has 1 aliphatic heterocycles. The summed E-state index contributed by atoms with van der Waals surface area (Å²) < 4.78 is 0.706. The van der Waals surface area contributed by atoms with E-state index in [1.807, 2.05) is 11.0 Å². The zero-order valence-electron chi connectivity index (χ0n) is 14.2. The lowest BCUT2D eigenvalue weighted by Gasteiger charge is -2.34. The normalized spacial score (nSPS) is 19.6. The third kappa shape index (κ3) is 4.51. The largest absolute Gasteiger partial charge is 0.366 e. The predicted molar refractivity (Wildman–Crippen MR) is 101 cm³/mol. The molecule has 1 N–H and O–H groups in total. The molecule has 1 saturated carbocycles. The highest BCUT2D eigenvalue weighted by Crippen LogP contribution is 2.33. The Hall–Kier alpha value is -1.63. The van der Waals surface area contributed by atoms with Gasteiger partial charge in [-0.2, -0.15) is 0 Å². The summed E-state index contributed by atoms with van der Waals surface area (Å²) in [5.41, 5.74) is 0.782. The second-order valence-electron chi connectivity index (χ2n) is 6.99. The number of carbonyl (C=O) groups is 1. The summed E-state index contributed by atoms with van der Waals surface area (Å²) in [5, 5.41) is 14.5. The highest BCUT2D eigenvalue weighted by Gasteiger charge is 2.28. The van der Waals surface area contributed by atoms with Gasteiger partial charge in [0.1, 0.15) is 5.69 Å². The van der Waals surface area contributed by atoms with Gasteiger partial charge in [0.15, 0.2) is 0 Å². The van der Waals surface area contributed by atoms with Gasteiger partial charge >= 0.3 is 0 Å². The van der Waals surface area contributed by atoms with Crippen LogP contribution in [0, 0.1) is 16.0 Å². The molecule has 1 aromatic carbocycles. The number of rotatable bonds is 4. The second kappa shape index (κ2) is 8.17. The van der Waals surface area contributed by atoms with E-state index < -0.39 is 0 Å². The van der Waals surface area contributed by atoms with Crippen molar-refractivity contribution in [1.82, 2.24) is 5.32 Å². The first-order valence-electron chi connectivity index (χ1n) is 9.04. The molecule has 1 saturated heterocycles. The quantitative estimate of drug-likeness (QED) is 0.601. The van der Waals surface area contributed by atoms with E-state index in [9.17, 15) is 14.9 Å². The van der Waals surface area contributed by atoms with Gasteiger partial charge in [-0.15, -0.1) is 0 Å². The lowest BCUT2D eigenvalue weighted by atomic mass is 9.88. The molecule has 3 rings (SSSR count). The average molecular weight is 410 g/mol. The first-order chi connectivity index (χ1) is 12.0. The molecule has 25 heavy (non-hydrogen) atoms. The molecule has 1 aromatic rings. The van der Waals surface area contributed by atoms with Crippen LogP contribution in [-0.2, 0) is 4.79 Å². The van der Waals surface area contributed by atoms with Crippen LogP contribution in [0.2, 0.25) is 0 Å². The maximum absolute atomic E-state index is 12.4. The number of amides is 1. The molecule has 0 aromatic heterocycles. The highest BCUT2D eigenvalue weighted by molar-refractivity contribution is 9.10.